The summed E-state index contributed by atoms with van der Waals surface area (Å²) in [6.07, 6.45) is 7.55. The van der Waals surface area contributed by atoms with Crippen molar-refractivity contribution in [2.24, 2.45) is 0 Å². The summed E-state index contributed by atoms with van der Waals surface area (Å²) in [6.45, 7) is 3.69. The van der Waals surface area contributed by atoms with Crippen LogP contribution in [0.3, 0.4) is 0 Å². The molecular weight excluding hydrogens is 320 g/mol. The average Bonchev–Trinajstić information content (AvgIpc) is 2.43. The van der Waals surface area contributed by atoms with Gasteiger partial charge in [0.15, 0.2) is 0 Å². The zero-order chi connectivity index (χ0) is 14.8. The summed E-state index contributed by atoms with van der Waals surface area (Å²) in [7, 11) is 0. The average molecular weight is 343 g/mol. The summed E-state index contributed by atoms with van der Waals surface area (Å²) in [4.78, 5) is 10.6. The molecule has 0 fully saturated rings. The lowest BCUT2D eigenvalue weighted by molar-refractivity contribution is -0.385. The molecule has 20 heavy (non-hydrogen) atoms. The van der Waals surface area contributed by atoms with Crippen LogP contribution in [0.2, 0.25) is 0 Å². The number of hydrogen-bond donors (Lipinski definition) is 1. The highest BCUT2D eigenvalue weighted by Gasteiger charge is 2.13. The largest absolute Gasteiger partial charge is 0.312 e. The van der Waals surface area contributed by atoms with E-state index in [9.17, 15) is 10.1 Å². The molecule has 1 aromatic carbocycles. The van der Waals surface area contributed by atoms with Crippen molar-refractivity contribution in [1.82, 2.24) is 5.32 Å². The fraction of sp³-hybridized carbons (Fsp3) is 0.600. The van der Waals surface area contributed by atoms with Gasteiger partial charge in [0, 0.05) is 22.6 Å². The van der Waals surface area contributed by atoms with Crippen molar-refractivity contribution in [3.8, 4) is 0 Å². The molecule has 0 unspecified atom stereocenters. The van der Waals surface area contributed by atoms with Gasteiger partial charge >= 0.3 is 0 Å². The van der Waals surface area contributed by atoms with Crippen LogP contribution in [0, 0.1) is 10.1 Å². The Hall–Kier alpha value is -0.940. The lowest BCUT2D eigenvalue weighted by Crippen LogP contribution is -2.15. The van der Waals surface area contributed by atoms with Crippen LogP contribution in [0.5, 0.6) is 0 Å². The molecular formula is C15H23BrN2O2. The lowest BCUT2D eigenvalue weighted by Gasteiger charge is -2.06. The minimum atomic E-state index is -0.327. The fourth-order valence-electron chi connectivity index (χ4n) is 2.11. The number of nitro groups is 1. The number of unbranched alkanes of at least 4 members (excludes halogenated alkanes) is 5. The number of hydrogen-bond acceptors (Lipinski definition) is 3. The molecule has 4 nitrogen and oxygen atoms in total. The van der Waals surface area contributed by atoms with Gasteiger partial charge in [-0.2, -0.15) is 0 Å². The van der Waals surface area contributed by atoms with Crippen molar-refractivity contribution in [2.75, 3.05) is 6.54 Å². The first-order chi connectivity index (χ1) is 9.65. The molecule has 0 heterocycles. The van der Waals surface area contributed by atoms with Crippen molar-refractivity contribution in [2.45, 2.75) is 52.0 Å². The third kappa shape index (κ3) is 6.48. The molecule has 0 aromatic heterocycles. The first-order valence-corrected chi connectivity index (χ1v) is 8.08. The highest BCUT2D eigenvalue weighted by atomic mass is 79.9. The van der Waals surface area contributed by atoms with Gasteiger partial charge in [-0.3, -0.25) is 10.1 Å². The van der Waals surface area contributed by atoms with E-state index >= 15 is 0 Å². The quantitative estimate of drug-likeness (QED) is 0.377. The standard InChI is InChI=1S/C15H23BrN2O2/c1-2-3-4-5-6-7-10-17-12-13-8-9-14(16)11-15(13)18(19)20/h8-9,11,17H,2-7,10,12H2,1H3. The second-order valence-electron chi connectivity index (χ2n) is 4.97. The molecule has 0 atom stereocenters. The number of halogens is 1. The fourth-order valence-corrected chi connectivity index (χ4v) is 2.46. The predicted molar refractivity (Wildman–Crippen MR) is 85.9 cm³/mol. The smallest absolute Gasteiger partial charge is 0.275 e. The van der Waals surface area contributed by atoms with E-state index in [-0.39, 0.29) is 10.6 Å². The Morgan fingerprint density at radius 1 is 1.20 bits per heavy atom. The number of nitrogens with one attached hydrogen (secondary N) is 1. The zero-order valence-electron chi connectivity index (χ0n) is 12.0. The molecule has 1 rings (SSSR count). The van der Waals surface area contributed by atoms with Crippen LogP contribution in [0.1, 0.15) is 51.0 Å². The van der Waals surface area contributed by atoms with E-state index in [0.29, 0.717) is 6.54 Å². The van der Waals surface area contributed by atoms with Gasteiger partial charge in [-0.05, 0) is 25.1 Å². The minimum Gasteiger partial charge on any atom is -0.312 e. The van der Waals surface area contributed by atoms with Crippen LogP contribution in [-0.2, 0) is 6.54 Å². The Bertz CT molecular complexity index is 424. The van der Waals surface area contributed by atoms with Crippen LogP contribution >= 0.6 is 15.9 Å². The van der Waals surface area contributed by atoms with Gasteiger partial charge in [-0.1, -0.05) is 55.0 Å². The molecule has 0 radical (unpaired) electrons. The highest BCUT2D eigenvalue weighted by molar-refractivity contribution is 9.10. The maximum Gasteiger partial charge on any atom is 0.275 e. The molecule has 0 amide bonds. The van der Waals surface area contributed by atoms with Crippen LogP contribution in [0.15, 0.2) is 22.7 Å². The van der Waals surface area contributed by atoms with E-state index in [1.807, 2.05) is 6.07 Å². The number of nitrogens with zero attached hydrogens (tertiary/aromatic N) is 1. The zero-order valence-corrected chi connectivity index (χ0v) is 13.6. The molecule has 5 heteroatoms. The molecule has 0 bridgehead atoms. The molecule has 0 aliphatic heterocycles. The van der Waals surface area contributed by atoms with Crippen molar-refractivity contribution in [3.05, 3.63) is 38.3 Å². The van der Waals surface area contributed by atoms with Gasteiger partial charge in [0.05, 0.1) is 4.92 Å². The van der Waals surface area contributed by atoms with Crippen molar-refractivity contribution in [1.29, 1.82) is 0 Å². The molecule has 0 saturated heterocycles. The summed E-state index contributed by atoms with van der Waals surface area (Å²) in [5.74, 6) is 0. The molecule has 1 N–H and O–H groups in total. The van der Waals surface area contributed by atoms with E-state index < -0.39 is 0 Å². The van der Waals surface area contributed by atoms with E-state index in [1.165, 1.54) is 32.1 Å². The normalized spacial score (nSPS) is 10.7. The Kier molecular flexibility index (Phi) is 8.46. The molecule has 0 aliphatic rings. The van der Waals surface area contributed by atoms with Gasteiger partial charge in [-0.15, -0.1) is 0 Å². The highest BCUT2D eigenvalue weighted by Crippen LogP contribution is 2.23. The first-order valence-electron chi connectivity index (χ1n) is 7.28. The molecule has 112 valence electrons. The SMILES string of the molecule is CCCCCCCCNCc1ccc(Br)cc1[N+](=O)[O-]. The summed E-state index contributed by atoms with van der Waals surface area (Å²) in [5.41, 5.74) is 0.916. The third-order valence-electron chi connectivity index (χ3n) is 3.27. The lowest BCUT2D eigenvalue weighted by atomic mass is 10.1. The summed E-state index contributed by atoms with van der Waals surface area (Å²) >= 11 is 3.26. The first kappa shape index (κ1) is 17.1. The second-order valence-corrected chi connectivity index (χ2v) is 5.89. The maximum atomic E-state index is 11.0. The van der Waals surface area contributed by atoms with E-state index in [4.69, 9.17) is 0 Å². The summed E-state index contributed by atoms with van der Waals surface area (Å²) in [5, 5.41) is 14.3. The van der Waals surface area contributed by atoms with E-state index in [2.05, 4.69) is 28.2 Å². The minimum absolute atomic E-state index is 0.176. The van der Waals surface area contributed by atoms with E-state index in [0.717, 1.165) is 23.0 Å². The van der Waals surface area contributed by atoms with Gasteiger partial charge in [0.25, 0.3) is 5.69 Å². The van der Waals surface area contributed by atoms with Crippen molar-refractivity contribution in [3.63, 3.8) is 0 Å². The Labute approximate surface area is 129 Å². The summed E-state index contributed by atoms with van der Waals surface area (Å²) in [6, 6.07) is 5.20. The molecule has 1 aromatic rings. The van der Waals surface area contributed by atoms with E-state index in [1.54, 1.807) is 12.1 Å². The topological polar surface area (TPSA) is 55.2 Å². The van der Waals surface area contributed by atoms with Gasteiger partial charge in [0.2, 0.25) is 0 Å². The maximum absolute atomic E-state index is 11.0. The van der Waals surface area contributed by atoms with Crippen molar-refractivity contribution < 1.29 is 4.92 Å². The Balaban J connectivity index is 2.27. The van der Waals surface area contributed by atoms with Gasteiger partial charge < -0.3 is 5.32 Å². The van der Waals surface area contributed by atoms with Crippen LogP contribution in [0.4, 0.5) is 5.69 Å². The monoisotopic (exact) mass is 342 g/mol. The second kappa shape index (κ2) is 9.88. The van der Waals surface area contributed by atoms with Gasteiger partial charge in [0.1, 0.15) is 0 Å². The van der Waals surface area contributed by atoms with Gasteiger partial charge in [-0.25, -0.2) is 0 Å². The van der Waals surface area contributed by atoms with Crippen molar-refractivity contribution >= 4 is 21.6 Å². The third-order valence-corrected chi connectivity index (χ3v) is 3.76. The van der Waals surface area contributed by atoms with Crippen LogP contribution < -0.4 is 5.32 Å². The molecule has 0 aliphatic carbocycles. The number of nitro benzene ring substituents is 1. The predicted octanol–water partition coefficient (Wildman–Crippen LogP) is 4.81. The van der Waals surface area contributed by atoms with Crippen LogP contribution in [-0.4, -0.2) is 11.5 Å². The molecule has 0 spiro atoms. The Morgan fingerprint density at radius 3 is 2.60 bits per heavy atom. The number of rotatable bonds is 10. The number of benzene rings is 1. The van der Waals surface area contributed by atoms with Crippen LogP contribution in [0.25, 0.3) is 0 Å². The Morgan fingerprint density at radius 2 is 1.90 bits per heavy atom. The summed E-state index contributed by atoms with van der Waals surface area (Å²) < 4.78 is 0.740. The molecule has 0 saturated carbocycles.